The lowest BCUT2D eigenvalue weighted by Crippen LogP contribution is -2.11. The number of sulfonamides is 1. The summed E-state index contributed by atoms with van der Waals surface area (Å²) in [7, 11) is -3.44. The number of carbonyl (C=O) groups is 1. The van der Waals surface area contributed by atoms with E-state index in [4.69, 9.17) is 4.74 Å². The number of anilines is 1. The molecule has 0 aliphatic heterocycles. The Kier molecular flexibility index (Phi) is 6.51. The first kappa shape index (κ1) is 19.5. The van der Waals surface area contributed by atoms with Gasteiger partial charge in [-0.3, -0.25) is 9.52 Å². The monoisotopic (exact) mass is 498 g/mol. The summed E-state index contributed by atoms with van der Waals surface area (Å²) in [5.74, 6) is -0.389. The zero-order valence-electron chi connectivity index (χ0n) is 13.1. The molecule has 1 aromatic heterocycles. The molecule has 1 heterocycles. The molecule has 0 saturated heterocycles. The van der Waals surface area contributed by atoms with E-state index < -0.39 is 10.0 Å². The first-order valence-electron chi connectivity index (χ1n) is 6.67. The molecular weight excluding hydrogens is 483 g/mol. The number of nitrogens with zero attached hydrogens (tertiary/aromatic N) is 1. The lowest BCUT2D eigenvalue weighted by molar-refractivity contribution is -0.142. The molecule has 0 radical (unpaired) electrons. The summed E-state index contributed by atoms with van der Waals surface area (Å²) in [6.45, 7) is 3.33. The van der Waals surface area contributed by atoms with E-state index in [1.807, 2.05) is 18.4 Å². The largest absolute Gasteiger partial charge is 0.461 e. The van der Waals surface area contributed by atoms with E-state index in [1.54, 1.807) is 6.07 Å². The summed E-state index contributed by atoms with van der Waals surface area (Å²) in [6, 6.07) is 3.54. The van der Waals surface area contributed by atoms with Crippen molar-refractivity contribution in [2.45, 2.75) is 29.7 Å². The van der Waals surface area contributed by atoms with Gasteiger partial charge in [-0.2, -0.15) is 0 Å². The zero-order chi connectivity index (χ0) is 17.9. The highest BCUT2D eigenvalue weighted by molar-refractivity contribution is 14.1. The van der Waals surface area contributed by atoms with Crippen molar-refractivity contribution in [3.63, 3.8) is 0 Å². The summed E-state index contributed by atoms with van der Waals surface area (Å²) in [4.78, 5) is 16.1. The number of hydrogen-bond acceptors (Lipinski definition) is 7. The van der Waals surface area contributed by atoms with Crippen molar-refractivity contribution in [3.8, 4) is 0 Å². The van der Waals surface area contributed by atoms with E-state index >= 15 is 0 Å². The Bertz CT molecular complexity index is 865. The van der Waals surface area contributed by atoms with E-state index in [2.05, 4.69) is 32.3 Å². The number of benzene rings is 1. The van der Waals surface area contributed by atoms with Crippen molar-refractivity contribution < 1.29 is 17.9 Å². The lowest BCUT2D eigenvalue weighted by atomic mass is 10.2. The third-order valence-corrected chi connectivity index (χ3v) is 6.38. The molecule has 6 nitrogen and oxygen atoms in total. The van der Waals surface area contributed by atoms with Crippen molar-refractivity contribution >= 4 is 67.4 Å². The van der Waals surface area contributed by atoms with Crippen LogP contribution in [0.5, 0.6) is 0 Å². The number of aromatic nitrogens is 1. The first-order valence-corrected chi connectivity index (χ1v) is 11.3. The Hall–Kier alpha value is -0.850. The first-order chi connectivity index (χ1) is 11.1. The quantitative estimate of drug-likeness (QED) is 0.484. The van der Waals surface area contributed by atoms with Gasteiger partial charge in [-0.25, -0.2) is 13.4 Å². The molecule has 0 fully saturated rings. The minimum Gasteiger partial charge on any atom is -0.461 e. The van der Waals surface area contributed by atoms with Crippen molar-refractivity contribution in [1.29, 1.82) is 0 Å². The van der Waals surface area contributed by atoms with Gasteiger partial charge in [0.05, 0.1) is 11.9 Å². The van der Waals surface area contributed by atoms with Crippen LogP contribution in [0.1, 0.15) is 18.2 Å². The summed E-state index contributed by atoms with van der Waals surface area (Å²) >= 11 is 5.02. The van der Waals surface area contributed by atoms with E-state index in [0.29, 0.717) is 5.69 Å². The van der Waals surface area contributed by atoms with E-state index in [1.165, 1.54) is 30.0 Å². The molecule has 10 heteroatoms. The van der Waals surface area contributed by atoms with Crippen LogP contribution in [-0.4, -0.2) is 25.6 Å². The smallest absolute Gasteiger partial charge is 0.302 e. The SMILES string of the molecule is CC(=O)OCc1cc(NS(C)(=O)=O)c(Sc2nc(C)cs2)cc1I. The van der Waals surface area contributed by atoms with E-state index in [-0.39, 0.29) is 12.6 Å². The second-order valence-electron chi connectivity index (χ2n) is 4.95. The number of halogens is 1. The summed E-state index contributed by atoms with van der Waals surface area (Å²) in [5, 5.41) is 1.94. The van der Waals surface area contributed by atoms with Crippen molar-refractivity contribution in [2.75, 3.05) is 11.0 Å². The Morgan fingerprint density at radius 3 is 2.71 bits per heavy atom. The molecule has 0 atom stereocenters. The van der Waals surface area contributed by atoms with Crippen molar-refractivity contribution in [3.05, 3.63) is 32.3 Å². The Morgan fingerprint density at radius 2 is 2.17 bits per heavy atom. The van der Waals surface area contributed by atoms with Crippen molar-refractivity contribution in [2.24, 2.45) is 0 Å². The molecule has 1 aromatic carbocycles. The molecule has 130 valence electrons. The second-order valence-corrected chi connectivity index (χ2v) is 10.0. The van der Waals surface area contributed by atoms with Crippen LogP contribution in [0.25, 0.3) is 0 Å². The van der Waals surface area contributed by atoms with Gasteiger partial charge in [0, 0.05) is 32.0 Å². The molecule has 2 aromatic rings. The fourth-order valence-electron chi connectivity index (χ4n) is 1.73. The number of thiazole rings is 1. The van der Waals surface area contributed by atoms with Gasteiger partial charge in [0.2, 0.25) is 10.0 Å². The molecule has 0 aliphatic rings. The predicted octanol–water partition coefficient (Wildman–Crippen LogP) is 3.64. The van der Waals surface area contributed by atoms with Gasteiger partial charge >= 0.3 is 5.97 Å². The van der Waals surface area contributed by atoms with Gasteiger partial charge in [0.25, 0.3) is 0 Å². The maximum Gasteiger partial charge on any atom is 0.302 e. The average molecular weight is 498 g/mol. The highest BCUT2D eigenvalue weighted by Crippen LogP contribution is 2.38. The van der Waals surface area contributed by atoms with Crippen LogP contribution < -0.4 is 4.72 Å². The lowest BCUT2D eigenvalue weighted by Gasteiger charge is -2.13. The third-order valence-electron chi connectivity index (χ3n) is 2.67. The Labute approximate surface area is 162 Å². The maximum absolute atomic E-state index is 11.7. The molecule has 0 amide bonds. The minimum atomic E-state index is -3.44. The van der Waals surface area contributed by atoms with Gasteiger partial charge in [0.1, 0.15) is 6.61 Å². The van der Waals surface area contributed by atoms with Gasteiger partial charge in [-0.1, -0.05) is 11.8 Å². The molecule has 0 saturated carbocycles. The van der Waals surface area contributed by atoms with Gasteiger partial charge < -0.3 is 4.74 Å². The van der Waals surface area contributed by atoms with Crippen LogP contribution in [0.4, 0.5) is 5.69 Å². The fourth-order valence-corrected chi connectivity index (χ4v) is 5.10. The average Bonchev–Trinajstić information content (AvgIpc) is 2.84. The Balaban J connectivity index is 2.39. The molecule has 0 bridgehead atoms. The molecular formula is C14H15IN2O4S3. The minimum absolute atomic E-state index is 0.0906. The standard InChI is InChI=1S/C14H15IN2O4S3/c1-8-7-22-14(16-8)23-13-5-11(15)10(6-21-9(2)18)4-12(13)17-24(3,19)20/h4-5,7,17H,6H2,1-3H3. The Morgan fingerprint density at radius 1 is 1.46 bits per heavy atom. The van der Waals surface area contributed by atoms with E-state index in [9.17, 15) is 13.2 Å². The topological polar surface area (TPSA) is 85.4 Å². The van der Waals surface area contributed by atoms with Crippen LogP contribution in [0.15, 0.2) is 26.7 Å². The molecule has 0 unspecified atom stereocenters. The van der Waals surface area contributed by atoms with Crippen LogP contribution >= 0.6 is 45.7 Å². The van der Waals surface area contributed by atoms with Gasteiger partial charge in [-0.05, 0) is 41.6 Å². The van der Waals surface area contributed by atoms with Gasteiger partial charge in [-0.15, -0.1) is 11.3 Å². The normalized spacial score (nSPS) is 11.3. The summed E-state index contributed by atoms with van der Waals surface area (Å²) < 4.78 is 32.5. The fraction of sp³-hybridized carbons (Fsp3) is 0.286. The second kappa shape index (κ2) is 8.02. The van der Waals surface area contributed by atoms with Crippen LogP contribution in [0, 0.1) is 10.5 Å². The van der Waals surface area contributed by atoms with E-state index in [0.717, 1.165) is 30.3 Å². The number of ether oxygens (including phenoxy) is 1. The number of aryl methyl sites for hydroxylation is 1. The van der Waals surface area contributed by atoms with Crippen LogP contribution in [0.3, 0.4) is 0 Å². The van der Waals surface area contributed by atoms with Gasteiger partial charge in [0.15, 0.2) is 4.34 Å². The molecule has 2 rings (SSSR count). The number of carbonyl (C=O) groups excluding carboxylic acids is 1. The number of rotatable bonds is 6. The molecule has 0 spiro atoms. The predicted molar refractivity (Wildman–Crippen MR) is 104 cm³/mol. The highest BCUT2D eigenvalue weighted by atomic mass is 127. The molecule has 1 N–H and O–H groups in total. The maximum atomic E-state index is 11.7. The van der Waals surface area contributed by atoms with Crippen LogP contribution in [0.2, 0.25) is 0 Å². The summed E-state index contributed by atoms with van der Waals surface area (Å²) in [5.41, 5.74) is 2.09. The molecule has 0 aliphatic carbocycles. The zero-order valence-corrected chi connectivity index (χ0v) is 17.7. The highest BCUT2D eigenvalue weighted by Gasteiger charge is 2.15. The van der Waals surface area contributed by atoms with Crippen LogP contribution in [-0.2, 0) is 26.2 Å². The number of nitrogens with one attached hydrogen (secondary N) is 1. The number of esters is 1. The van der Waals surface area contributed by atoms with Crippen molar-refractivity contribution in [1.82, 2.24) is 4.98 Å². The summed E-state index contributed by atoms with van der Waals surface area (Å²) in [6.07, 6.45) is 1.10. The molecule has 24 heavy (non-hydrogen) atoms. The third kappa shape index (κ3) is 5.90. The number of hydrogen-bond donors (Lipinski definition) is 1.